The Morgan fingerprint density at radius 1 is 0.794 bits per heavy atom. The highest BCUT2D eigenvalue weighted by atomic mass is 19.4. The van der Waals surface area contributed by atoms with Crippen LogP contribution in [0.2, 0.25) is 0 Å². The maximum Gasteiger partial charge on any atom is 0.416 e. The summed E-state index contributed by atoms with van der Waals surface area (Å²) in [4.78, 5) is 4.32. The zero-order chi connectivity index (χ0) is 24.6. The zero-order valence-electron chi connectivity index (χ0n) is 17.9. The van der Waals surface area contributed by atoms with Crippen molar-refractivity contribution in [3.63, 3.8) is 0 Å². The molecule has 2 N–H and O–H groups in total. The number of nitrogens with zero attached hydrogens (tertiary/aromatic N) is 2. The van der Waals surface area contributed by atoms with E-state index in [-0.39, 0.29) is 0 Å². The van der Waals surface area contributed by atoms with Crippen LogP contribution >= 0.6 is 0 Å². The monoisotopic (exact) mass is 480 g/mol. The second-order valence-corrected chi connectivity index (χ2v) is 7.42. The molecule has 10 heteroatoms. The number of guanidine groups is 1. The van der Waals surface area contributed by atoms with Gasteiger partial charge in [-0.05, 0) is 60.4 Å². The van der Waals surface area contributed by atoms with Crippen LogP contribution in [0.15, 0.2) is 70.8 Å². The Hall–Kier alpha value is -3.56. The number of hydrazone groups is 1. The van der Waals surface area contributed by atoms with E-state index in [1.165, 1.54) is 24.3 Å². The van der Waals surface area contributed by atoms with E-state index in [1.807, 2.05) is 0 Å². The van der Waals surface area contributed by atoms with E-state index >= 15 is 0 Å². The Morgan fingerprint density at radius 2 is 1.29 bits per heavy atom. The Labute approximate surface area is 192 Å². The van der Waals surface area contributed by atoms with Crippen LogP contribution in [0.3, 0.4) is 0 Å². The molecule has 3 rings (SSSR count). The Bertz CT molecular complexity index is 993. The minimum Gasteiger partial charge on any atom is -0.355 e. The van der Waals surface area contributed by atoms with Crippen LogP contribution in [0, 0.1) is 0 Å². The SMILES string of the molecule is FC(F)(F)c1ccc(C=CC(C=Cc2ccc(C(F)(F)F)cc2)=NNC2=NCCCCN2)cc1. The molecule has 0 spiro atoms. The van der Waals surface area contributed by atoms with Gasteiger partial charge < -0.3 is 5.32 Å². The lowest BCUT2D eigenvalue weighted by Gasteiger charge is -2.07. The van der Waals surface area contributed by atoms with Gasteiger partial charge in [0.15, 0.2) is 0 Å². The number of allylic oxidation sites excluding steroid dienone is 2. The van der Waals surface area contributed by atoms with E-state index < -0.39 is 23.5 Å². The van der Waals surface area contributed by atoms with Crippen LogP contribution in [-0.4, -0.2) is 24.8 Å². The zero-order valence-corrected chi connectivity index (χ0v) is 17.9. The maximum absolute atomic E-state index is 12.8. The first-order valence-electron chi connectivity index (χ1n) is 10.4. The molecular weight excluding hydrogens is 458 g/mol. The fourth-order valence-electron chi connectivity index (χ4n) is 2.94. The first kappa shape index (κ1) is 25.1. The number of hydrogen-bond donors (Lipinski definition) is 2. The minimum atomic E-state index is -4.42. The maximum atomic E-state index is 12.8. The molecule has 0 radical (unpaired) electrons. The van der Waals surface area contributed by atoms with Crippen molar-refractivity contribution in [2.45, 2.75) is 25.2 Å². The molecule has 0 saturated heterocycles. The molecule has 0 saturated carbocycles. The van der Waals surface area contributed by atoms with Crippen LogP contribution in [0.4, 0.5) is 26.3 Å². The smallest absolute Gasteiger partial charge is 0.355 e. The van der Waals surface area contributed by atoms with Crippen LogP contribution in [0.1, 0.15) is 35.1 Å². The molecule has 4 nitrogen and oxygen atoms in total. The lowest BCUT2D eigenvalue weighted by Crippen LogP contribution is -2.34. The summed E-state index contributed by atoms with van der Waals surface area (Å²) in [6.45, 7) is 1.38. The molecule has 0 fully saturated rings. The molecule has 1 aliphatic heterocycles. The molecule has 0 aliphatic carbocycles. The van der Waals surface area contributed by atoms with Crippen LogP contribution in [0.25, 0.3) is 12.2 Å². The van der Waals surface area contributed by atoms with E-state index in [1.54, 1.807) is 24.3 Å². The lowest BCUT2D eigenvalue weighted by molar-refractivity contribution is -0.138. The summed E-state index contributed by atoms with van der Waals surface area (Å²) in [6, 6.07) is 9.27. The van der Waals surface area contributed by atoms with Gasteiger partial charge in [0.1, 0.15) is 0 Å². The molecule has 2 aromatic carbocycles. The van der Waals surface area contributed by atoms with Gasteiger partial charge in [-0.2, -0.15) is 31.4 Å². The summed E-state index contributed by atoms with van der Waals surface area (Å²) in [6.07, 6.45) is -0.615. The first-order valence-corrected chi connectivity index (χ1v) is 10.4. The lowest BCUT2D eigenvalue weighted by atomic mass is 10.1. The molecule has 180 valence electrons. The van der Waals surface area contributed by atoms with Gasteiger partial charge in [-0.3, -0.25) is 4.99 Å². The Kier molecular flexibility index (Phi) is 8.14. The van der Waals surface area contributed by atoms with Crippen molar-refractivity contribution in [1.82, 2.24) is 10.7 Å². The number of nitrogens with one attached hydrogen (secondary N) is 2. The van der Waals surface area contributed by atoms with Crippen molar-refractivity contribution in [2.24, 2.45) is 10.1 Å². The number of halogens is 6. The van der Waals surface area contributed by atoms with E-state index in [0.29, 0.717) is 29.3 Å². The number of alkyl halides is 6. The van der Waals surface area contributed by atoms with Crippen LogP contribution < -0.4 is 10.7 Å². The summed E-state index contributed by atoms with van der Waals surface area (Å²) in [5, 5.41) is 7.37. The third kappa shape index (κ3) is 7.79. The highest BCUT2D eigenvalue weighted by molar-refractivity contribution is 6.09. The van der Waals surface area contributed by atoms with Crippen LogP contribution in [0.5, 0.6) is 0 Å². The third-order valence-corrected chi connectivity index (χ3v) is 4.81. The average Bonchev–Trinajstić information content (AvgIpc) is 3.07. The second-order valence-electron chi connectivity index (χ2n) is 7.42. The van der Waals surface area contributed by atoms with Crippen molar-refractivity contribution >= 4 is 23.8 Å². The average molecular weight is 480 g/mol. The van der Waals surface area contributed by atoms with Gasteiger partial charge in [0.25, 0.3) is 0 Å². The molecule has 0 amide bonds. The fraction of sp³-hybridized carbons (Fsp3) is 0.250. The van der Waals surface area contributed by atoms with Crippen molar-refractivity contribution in [1.29, 1.82) is 0 Å². The summed E-state index contributed by atoms with van der Waals surface area (Å²) in [7, 11) is 0. The van der Waals surface area contributed by atoms with Crippen molar-refractivity contribution in [3.05, 3.63) is 82.9 Å². The highest BCUT2D eigenvalue weighted by Crippen LogP contribution is 2.30. The predicted octanol–water partition coefficient (Wildman–Crippen LogP) is 6.14. The largest absolute Gasteiger partial charge is 0.416 e. The van der Waals surface area contributed by atoms with Gasteiger partial charge in [-0.15, -0.1) is 0 Å². The van der Waals surface area contributed by atoms with Crippen molar-refractivity contribution in [2.75, 3.05) is 13.1 Å². The van der Waals surface area contributed by atoms with Crippen molar-refractivity contribution in [3.8, 4) is 0 Å². The van der Waals surface area contributed by atoms with Crippen molar-refractivity contribution < 1.29 is 26.3 Å². The van der Waals surface area contributed by atoms with Gasteiger partial charge in [-0.1, -0.05) is 36.4 Å². The fourth-order valence-corrected chi connectivity index (χ4v) is 2.94. The quantitative estimate of drug-likeness (QED) is 0.307. The molecule has 34 heavy (non-hydrogen) atoms. The van der Waals surface area contributed by atoms with E-state index in [9.17, 15) is 26.3 Å². The molecule has 0 unspecified atom stereocenters. The first-order chi connectivity index (χ1) is 16.1. The molecular formula is C24H22F6N4. The van der Waals surface area contributed by atoms with E-state index in [4.69, 9.17) is 0 Å². The Balaban J connectivity index is 1.80. The van der Waals surface area contributed by atoms with Gasteiger partial charge in [0.05, 0.1) is 16.8 Å². The second kappa shape index (κ2) is 11.0. The minimum absolute atomic E-state index is 0.383. The standard InChI is InChI=1S/C24H22F6N4/c25-23(26,27)19-9-3-17(4-10-19)7-13-21(33-34-22-31-15-1-2-16-32-22)14-8-18-5-11-20(12-6-18)24(28,29)30/h3-14H,1-2,15-16H2,(H2,31,32,34). The van der Waals surface area contributed by atoms with Gasteiger partial charge >= 0.3 is 12.4 Å². The number of rotatable bonds is 5. The Morgan fingerprint density at radius 3 is 1.76 bits per heavy atom. The van der Waals surface area contributed by atoms with E-state index in [2.05, 4.69) is 20.8 Å². The molecule has 0 bridgehead atoms. The van der Waals surface area contributed by atoms with Crippen LogP contribution in [-0.2, 0) is 12.4 Å². The predicted molar refractivity (Wildman–Crippen MR) is 121 cm³/mol. The molecule has 2 aromatic rings. The highest BCUT2D eigenvalue weighted by Gasteiger charge is 2.30. The van der Waals surface area contributed by atoms with Gasteiger partial charge in [0, 0.05) is 13.1 Å². The molecule has 1 heterocycles. The molecule has 1 aliphatic rings. The number of benzene rings is 2. The summed E-state index contributed by atoms with van der Waals surface area (Å²) in [5.41, 5.74) is 2.75. The summed E-state index contributed by atoms with van der Waals surface area (Å²) in [5.74, 6) is 0.487. The van der Waals surface area contributed by atoms with Gasteiger partial charge in [-0.25, -0.2) is 5.43 Å². The number of hydrogen-bond acceptors (Lipinski definition) is 4. The third-order valence-electron chi connectivity index (χ3n) is 4.81. The molecule has 0 aromatic heterocycles. The topological polar surface area (TPSA) is 48.8 Å². The summed E-state index contributed by atoms with van der Waals surface area (Å²) >= 11 is 0. The summed E-state index contributed by atoms with van der Waals surface area (Å²) < 4.78 is 76.5. The molecule has 0 atom stereocenters. The van der Waals surface area contributed by atoms with Gasteiger partial charge in [0.2, 0.25) is 5.96 Å². The normalized spacial score (nSPS) is 15.1. The van der Waals surface area contributed by atoms with E-state index in [0.717, 1.165) is 43.7 Å². The number of aliphatic imine (C=N–C) groups is 1.